The van der Waals surface area contributed by atoms with Gasteiger partial charge in [-0.05, 0) is 87.0 Å². The Bertz CT molecular complexity index is 1740. The summed E-state index contributed by atoms with van der Waals surface area (Å²) in [6.07, 6.45) is -4.78. The molecule has 4 aromatic rings. The van der Waals surface area contributed by atoms with Crippen LogP contribution in [0.5, 0.6) is 17.2 Å². The molecule has 0 saturated heterocycles. The Labute approximate surface area is 274 Å². The van der Waals surface area contributed by atoms with Crippen molar-refractivity contribution in [2.75, 3.05) is 26.9 Å². The Hall–Kier alpha value is -4.88. The summed E-state index contributed by atoms with van der Waals surface area (Å²) in [5.41, 5.74) is 0.804. The third kappa shape index (κ3) is 8.52. The number of carbonyl (C=O) groups excluding carboxylic acids is 2. The van der Waals surface area contributed by atoms with Crippen molar-refractivity contribution < 1.29 is 56.3 Å². The average molecular weight is 672 g/mol. The van der Waals surface area contributed by atoms with Crippen molar-refractivity contribution in [2.45, 2.75) is 52.0 Å². The molecule has 0 amide bonds. The lowest BCUT2D eigenvalue weighted by molar-refractivity contribution is -0.246. The highest BCUT2D eigenvalue weighted by molar-refractivity contribution is 6.12. The minimum Gasteiger partial charge on any atom is -0.488 e. The van der Waals surface area contributed by atoms with Crippen LogP contribution in [-0.2, 0) is 31.6 Å². The first-order chi connectivity index (χ1) is 22.8. The maximum atomic E-state index is 13.6. The quantitative estimate of drug-likeness (QED) is 0.0705. The number of benzene rings is 3. The number of carboxylic acid groups (broad SMARTS) is 1. The summed E-state index contributed by atoms with van der Waals surface area (Å²) in [5.74, 6) is -2.50. The highest BCUT2D eigenvalue weighted by Crippen LogP contribution is 2.34. The second-order valence-electron chi connectivity index (χ2n) is 10.8. The summed E-state index contributed by atoms with van der Waals surface area (Å²) in [6.45, 7) is 5.48. The molecule has 0 atom stereocenters. The lowest BCUT2D eigenvalue weighted by Gasteiger charge is -2.33. The van der Waals surface area contributed by atoms with Gasteiger partial charge in [0.05, 0.1) is 24.7 Å². The number of rotatable bonds is 16. The van der Waals surface area contributed by atoms with Crippen LogP contribution in [0.3, 0.4) is 0 Å². The number of hydrogen-bond acceptors (Lipinski definition) is 8. The molecule has 0 aliphatic heterocycles. The highest BCUT2D eigenvalue weighted by atomic mass is 19.4. The van der Waals surface area contributed by atoms with Crippen LogP contribution in [0.4, 0.5) is 13.2 Å². The van der Waals surface area contributed by atoms with Crippen LogP contribution in [0.2, 0.25) is 0 Å². The van der Waals surface area contributed by atoms with Crippen LogP contribution >= 0.6 is 0 Å². The molecule has 1 heterocycles. The van der Waals surface area contributed by atoms with Crippen LogP contribution < -0.4 is 9.47 Å². The molecule has 0 bridgehead atoms. The molecule has 256 valence electrons. The van der Waals surface area contributed by atoms with Gasteiger partial charge in [-0.3, -0.25) is 9.59 Å². The Balaban J connectivity index is 1.61. The average Bonchev–Trinajstić information content (AvgIpc) is 3.41. The number of esters is 1. The molecule has 0 unspecified atom stereocenters. The van der Waals surface area contributed by atoms with E-state index in [0.717, 1.165) is 12.1 Å². The number of carbonyl (C=O) groups is 3. The minimum atomic E-state index is -4.45. The molecule has 0 spiro atoms. The highest BCUT2D eigenvalue weighted by Gasteiger charge is 2.37. The van der Waals surface area contributed by atoms with Crippen molar-refractivity contribution in [3.63, 3.8) is 0 Å². The fraction of sp³-hybridized carbons (Fsp3) is 0.343. The predicted octanol–water partition coefficient (Wildman–Crippen LogP) is 7.51. The number of carboxylic acids is 1. The standard InChI is InChI=1S/C35H36F3NO9/c1-5-46-34(47-6-2,20-45-23-11-13-25(14-12-23)48-24-9-7-22(8-10-24)35(36,37)38)19-28-32(29(40)17-18-30(41)44-4)31-21(3)26(33(42)43)15-16-27(31)39-28/h7-16,39H,5-6,17-20H2,1-4H3,(H,42,43). The van der Waals surface area contributed by atoms with Gasteiger partial charge in [0.25, 0.3) is 0 Å². The van der Waals surface area contributed by atoms with E-state index >= 15 is 0 Å². The number of aromatic carboxylic acids is 1. The third-order valence-electron chi connectivity index (χ3n) is 7.56. The Morgan fingerprint density at radius 2 is 1.42 bits per heavy atom. The van der Waals surface area contributed by atoms with Gasteiger partial charge < -0.3 is 33.8 Å². The summed E-state index contributed by atoms with van der Waals surface area (Å²) in [7, 11) is 1.23. The van der Waals surface area contributed by atoms with Gasteiger partial charge in [0.2, 0.25) is 5.79 Å². The number of fused-ring (bicyclic) bond motifs is 1. The largest absolute Gasteiger partial charge is 0.488 e. The molecular weight excluding hydrogens is 635 g/mol. The summed E-state index contributed by atoms with van der Waals surface area (Å²) >= 11 is 0. The van der Waals surface area contributed by atoms with E-state index < -0.39 is 35.2 Å². The monoisotopic (exact) mass is 671 g/mol. The van der Waals surface area contributed by atoms with E-state index in [1.807, 2.05) is 0 Å². The normalized spacial score (nSPS) is 11.8. The molecule has 13 heteroatoms. The predicted molar refractivity (Wildman–Crippen MR) is 169 cm³/mol. The fourth-order valence-electron chi connectivity index (χ4n) is 5.35. The topological polar surface area (TPSA) is 133 Å². The molecule has 2 N–H and O–H groups in total. The van der Waals surface area contributed by atoms with Gasteiger partial charge in [-0.1, -0.05) is 0 Å². The van der Waals surface area contributed by atoms with E-state index in [0.29, 0.717) is 33.7 Å². The lowest BCUT2D eigenvalue weighted by atomic mass is 9.95. The van der Waals surface area contributed by atoms with Crippen LogP contribution in [-0.4, -0.2) is 60.5 Å². The second kappa shape index (κ2) is 15.3. The molecule has 4 rings (SSSR count). The zero-order valence-corrected chi connectivity index (χ0v) is 26.9. The molecule has 0 saturated carbocycles. The van der Waals surface area contributed by atoms with Crippen molar-refractivity contribution >= 4 is 28.6 Å². The number of nitrogens with one attached hydrogen (secondary N) is 1. The van der Waals surface area contributed by atoms with Gasteiger partial charge in [-0.25, -0.2) is 4.79 Å². The van der Waals surface area contributed by atoms with Gasteiger partial charge in [-0.2, -0.15) is 13.2 Å². The smallest absolute Gasteiger partial charge is 0.416 e. The minimum absolute atomic E-state index is 0.000379. The summed E-state index contributed by atoms with van der Waals surface area (Å²) < 4.78 is 67.3. The molecule has 10 nitrogen and oxygen atoms in total. The number of aromatic amines is 1. The molecule has 1 aromatic heterocycles. The number of alkyl halides is 3. The van der Waals surface area contributed by atoms with Crippen LogP contribution in [0.25, 0.3) is 10.9 Å². The first-order valence-corrected chi connectivity index (χ1v) is 15.1. The van der Waals surface area contributed by atoms with Crippen molar-refractivity contribution in [3.05, 3.63) is 88.6 Å². The number of aromatic nitrogens is 1. The Kier molecular flexibility index (Phi) is 11.5. The van der Waals surface area contributed by atoms with E-state index in [1.54, 1.807) is 51.1 Å². The molecule has 0 aliphatic carbocycles. The fourth-order valence-corrected chi connectivity index (χ4v) is 5.35. The van der Waals surface area contributed by atoms with Crippen molar-refractivity contribution in [1.82, 2.24) is 4.98 Å². The zero-order valence-electron chi connectivity index (χ0n) is 26.9. The van der Waals surface area contributed by atoms with Gasteiger partial charge in [-0.15, -0.1) is 0 Å². The number of methoxy groups -OCH3 is 1. The molecular formula is C35H36F3NO9. The molecule has 0 radical (unpaired) electrons. The van der Waals surface area contributed by atoms with Crippen LogP contribution in [0.15, 0.2) is 60.7 Å². The number of aryl methyl sites for hydroxylation is 1. The van der Waals surface area contributed by atoms with Crippen molar-refractivity contribution in [1.29, 1.82) is 0 Å². The Morgan fingerprint density at radius 3 is 1.96 bits per heavy atom. The molecule has 0 fully saturated rings. The lowest BCUT2D eigenvalue weighted by Crippen LogP contribution is -2.45. The SMILES string of the molecule is CCOC(COc1ccc(Oc2ccc(C(F)(F)F)cc2)cc1)(Cc1[nH]c2ccc(C(=O)O)c(C)c2c1C(=O)CCC(=O)OC)OCC. The van der Waals surface area contributed by atoms with E-state index in [4.69, 9.17) is 23.7 Å². The molecule has 0 aliphatic rings. The van der Waals surface area contributed by atoms with E-state index in [2.05, 4.69) is 4.98 Å². The first kappa shape index (κ1) is 36.0. The van der Waals surface area contributed by atoms with Crippen molar-refractivity contribution in [2.24, 2.45) is 0 Å². The van der Waals surface area contributed by atoms with E-state index in [1.165, 1.54) is 25.3 Å². The third-order valence-corrected chi connectivity index (χ3v) is 7.56. The number of hydrogen-bond donors (Lipinski definition) is 2. The number of ether oxygens (including phenoxy) is 5. The maximum absolute atomic E-state index is 13.6. The number of halogens is 3. The van der Waals surface area contributed by atoms with Crippen LogP contribution in [0.1, 0.15) is 64.2 Å². The first-order valence-electron chi connectivity index (χ1n) is 15.1. The van der Waals surface area contributed by atoms with E-state index in [-0.39, 0.29) is 56.0 Å². The summed E-state index contributed by atoms with van der Waals surface area (Å²) in [6, 6.07) is 13.8. The molecule has 3 aromatic carbocycles. The Morgan fingerprint density at radius 1 is 0.833 bits per heavy atom. The zero-order chi connectivity index (χ0) is 35.1. The summed E-state index contributed by atoms with van der Waals surface area (Å²) in [4.78, 5) is 40.7. The summed E-state index contributed by atoms with van der Waals surface area (Å²) in [5, 5.41) is 10.2. The number of ketones is 1. The second-order valence-corrected chi connectivity index (χ2v) is 10.8. The van der Waals surface area contributed by atoms with Gasteiger partial charge in [0.15, 0.2) is 5.78 Å². The molecule has 48 heavy (non-hydrogen) atoms. The van der Waals surface area contributed by atoms with E-state index in [9.17, 15) is 32.7 Å². The van der Waals surface area contributed by atoms with Crippen LogP contribution in [0, 0.1) is 6.92 Å². The number of H-pyrrole nitrogens is 1. The van der Waals surface area contributed by atoms with Gasteiger partial charge in [0.1, 0.15) is 23.9 Å². The van der Waals surface area contributed by atoms with Crippen molar-refractivity contribution in [3.8, 4) is 17.2 Å². The van der Waals surface area contributed by atoms with Gasteiger partial charge >= 0.3 is 18.1 Å². The maximum Gasteiger partial charge on any atom is 0.416 e. The van der Waals surface area contributed by atoms with Gasteiger partial charge in [0, 0.05) is 48.2 Å². The number of Topliss-reactive ketones (excluding diaryl/α,β-unsaturated/α-hetero) is 1.